The van der Waals surface area contributed by atoms with Gasteiger partial charge < -0.3 is 5.32 Å². The molecule has 98 valence electrons. The second-order valence-corrected chi connectivity index (χ2v) is 5.22. The molecule has 0 aromatic carbocycles. The van der Waals surface area contributed by atoms with Crippen LogP contribution in [-0.2, 0) is 6.54 Å². The summed E-state index contributed by atoms with van der Waals surface area (Å²) in [5.41, 5.74) is 0.589. The zero-order chi connectivity index (χ0) is 13.8. The molecule has 0 fully saturated rings. The molecule has 2 heterocycles. The number of hydrogen-bond acceptors (Lipinski definition) is 5. The zero-order valence-corrected chi connectivity index (χ0v) is 11.1. The Morgan fingerprint density at radius 3 is 2.95 bits per heavy atom. The number of pyridine rings is 1. The number of rotatable bonds is 4. The van der Waals surface area contributed by atoms with Crippen LogP contribution in [0.4, 0.5) is 5.69 Å². The van der Waals surface area contributed by atoms with Crippen molar-refractivity contribution in [2.45, 2.75) is 6.54 Å². The van der Waals surface area contributed by atoms with Crippen molar-refractivity contribution in [1.29, 1.82) is 0 Å². The Bertz CT molecular complexity index is 615. The Labute approximate surface area is 117 Å². The second-order valence-electron chi connectivity index (χ2n) is 3.57. The first-order chi connectivity index (χ1) is 9.08. The van der Waals surface area contributed by atoms with Gasteiger partial charge in [-0.3, -0.25) is 19.9 Å². The van der Waals surface area contributed by atoms with Crippen molar-refractivity contribution in [3.8, 4) is 0 Å². The summed E-state index contributed by atoms with van der Waals surface area (Å²) in [6.45, 7) is 0.302. The van der Waals surface area contributed by atoms with Crippen LogP contribution >= 0.6 is 22.9 Å². The highest BCUT2D eigenvalue weighted by molar-refractivity contribution is 7.18. The van der Waals surface area contributed by atoms with E-state index in [0.29, 0.717) is 6.54 Å². The molecular formula is C11H8ClN3O3S. The summed E-state index contributed by atoms with van der Waals surface area (Å²) in [5.74, 6) is -0.399. The van der Waals surface area contributed by atoms with Crippen LogP contribution in [0.25, 0.3) is 0 Å². The van der Waals surface area contributed by atoms with Crippen molar-refractivity contribution in [3.05, 3.63) is 55.5 Å². The van der Waals surface area contributed by atoms with E-state index in [1.165, 1.54) is 6.07 Å². The number of halogens is 1. The largest absolute Gasteiger partial charge is 0.347 e. The molecule has 0 saturated carbocycles. The second kappa shape index (κ2) is 5.77. The van der Waals surface area contributed by atoms with Crippen molar-refractivity contribution in [2.75, 3.05) is 0 Å². The van der Waals surface area contributed by atoms with Gasteiger partial charge in [0.15, 0.2) is 4.34 Å². The Kier molecular flexibility index (Phi) is 4.08. The summed E-state index contributed by atoms with van der Waals surface area (Å²) in [7, 11) is 0. The predicted octanol–water partition coefficient (Wildman–Crippen LogP) is 2.63. The average Bonchev–Trinajstić information content (AvgIpc) is 2.79. The molecule has 0 saturated heterocycles. The molecule has 0 aliphatic rings. The minimum atomic E-state index is -0.614. The summed E-state index contributed by atoms with van der Waals surface area (Å²) in [4.78, 5) is 25.9. The molecule has 0 bridgehead atoms. The Balaban J connectivity index is 2.04. The van der Waals surface area contributed by atoms with E-state index in [9.17, 15) is 14.9 Å². The molecule has 0 aliphatic heterocycles. The maximum Gasteiger partial charge on any atom is 0.299 e. The third-order valence-electron chi connectivity index (χ3n) is 2.27. The Morgan fingerprint density at radius 2 is 2.37 bits per heavy atom. The van der Waals surface area contributed by atoms with Gasteiger partial charge in [0, 0.05) is 25.0 Å². The fourth-order valence-corrected chi connectivity index (χ4v) is 2.51. The summed E-state index contributed by atoms with van der Waals surface area (Å²) >= 11 is 6.57. The number of nitrogens with one attached hydrogen (secondary N) is 1. The van der Waals surface area contributed by atoms with Gasteiger partial charge in [0.25, 0.3) is 11.6 Å². The van der Waals surface area contributed by atoms with Crippen LogP contribution in [0.5, 0.6) is 0 Å². The highest BCUT2D eigenvalue weighted by atomic mass is 35.5. The number of hydrogen-bond donors (Lipinski definition) is 1. The minimum absolute atomic E-state index is 0.00322. The topological polar surface area (TPSA) is 85.1 Å². The molecule has 2 aromatic heterocycles. The smallest absolute Gasteiger partial charge is 0.299 e. The van der Waals surface area contributed by atoms with Crippen molar-refractivity contribution >= 4 is 34.5 Å². The molecule has 1 N–H and O–H groups in total. The van der Waals surface area contributed by atoms with E-state index < -0.39 is 10.8 Å². The molecule has 8 heteroatoms. The first-order valence-corrected chi connectivity index (χ1v) is 6.38. The van der Waals surface area contributed by atoms with Gasteiger partial charge in [0.2, 0.25) is 0 Å². The van der Waals surface area contributed by atoms with Crippen LogP contribution in [0, 0.1) is 10.1 Å². The number of amides is 1. The van der Waals surface area contributed by atoms with E-state index in [1.807, 2.05) is 6.07 Å². The quantitative estimate of drug-likeness (QED) is 0.694. The van der Waals surface area contributed by atoms with Crippen molar-refractivity contribution in [3.63, 3.8) is 0 Å². The van der Waals surface area contributed by atoms with Gasteiger partial charge in [-0.1, -0.05) is 17.7 Å². The number of thiophene rings is 1. The molecule has 0 atom stereocenters. The van der Waals surface area contributed by atoms with Gasteiger partial charge >= 0.3 is 0 Å². The molecule has 1 amide bonds. The third-order valence-corrected chi connectivity index (χ3v) is 3.60. The van der Waals surface area contributed by atoms with Crippen LogP contribution in [0.1, 0.15) is 15.2 Å². The van der Waals surface area contributed by atoms with Gasteiger partial charge in [-0.15, -0.1) is 11.3 Å². The van der Waals surface area contributed by atoms with Crippen LogP contribution in [0.3, 0.4) is 0 Å². The minimum Gasteiger partial charge on any atom is -0.347 e. The average molecular weight is 298 g/mol. The molecule has 6 nitrogen and oxygen atoms in total. The predicted molar refractivity (Wildman–Crippen MR) is 71.4 cm³/mol. The lowest BCUT2D eigenvalue weighted by Crippen LogP contribution is -2.21. The van der Waals surface area contributed by atoms with E-state index in [4.69, 9.17) is 11.6 Å². The summed E-state index contributed by atoms with van der Waals surface area (Å²) in [6.07, 6.45) is 3.26. The van der Waals surface area contributed by atoms with Gasteiger partial charge in [-0.05, 0) is 11.6 Å². The molecular weight excluding hydrogens is 290 g/mol. The van der Waals surface area contributed by atoms with Crippen LogP contribution < -0.4 is 5.32 Å². The van der Waals surface area contributed by atoms with Crippen LogP contribution in [-0.4, -0.2) is 15.8 Å². The molecule has 0 aliphatic carbocycles. The van der Waals surface area contributed by atoms with Crippen molar-refractivity contribution < 1.29 is 9.72 Å². The standard InChI is InChI=1S/C11H8ClN3O3S/c12-10-8(15(17)18)4-9(19-10)11(16)14-6-7-2-1-3-13-5-7/h1-5H,6H2,(H,14,16). The van der Waals surface area contributed by atoms with Gasteiger partial charge in [0.1, 0.15) is 4.88 Å². The normalized spacial score (nSPS) is 10.2. The van der Waals surface area contributed by atoms with Crippen molar-refractivity contribution in [1.82, 2.24) is 10.3 Å². The first-order valence-electron chi connectivity index (χ1n) is 5.18. The lowest BCUT2D eigenvalue weighted by molar-refractivity contribution is -0.384. The summed E-state index contributed by atoms with van der Waals surface area (Å²) in [6, 6.07) is 4.75. The molecule has 0 unspecified atom stereocenters. The fourth-order valence-electron chi connectivity index (χ4n) is 1.37. The monoisotopic (exact) mass is 297 g/mol. The molecule has 2 rings (SSSR count). The first kappa shape index (κ1) is 13.4. The molecule has 0 radical (unpaired) electrons. The maximum absolute atomic E-state index is 11.8. The number of aromatic nitrogens is 1. The fraction of sp³-hybridized carbons (Fsp3) is 0.0909. The number of nitrogens with zero attached hydrogens (tertiary/aromatic N) is 2. The zero-order valence-electron chi connectivity index (χ0n) is 9.50. The highest BCUT2D eigenvalue weighted by Crippen LogP contribution is 2.33. The van der Waals surface area contributed by atoms with E-state index in [1.54, 1.807) is 18.5 Å². The van der Waals surface area contributed by atoms with Gasteiger partial charge in [-0.2, -0.15) is 0 Å². The third kappa shape index (κ3) is 3.27. The number of carbonyl (C=O) groups is 1. The summed E-state index contributed by atoms with van der Waals surface area (Å²) < 4.78 is -0.00322. The van der Waals surface area contributed by atoms with E-state index >= 15 is 0 Å². The molecule has 19 heavy (non-hydrogen) atoms. The summed E-state index contributed by atoms with van der Waals surface area (Å²) in [5, 5.41) is 13.3. The van der Waals surface area contributed by atoms with Crippen molar-refractivity contribution in [2.24, 2.45) is 0 Å². The van der Waals surface area contributed by atoms with E-state index in [0.717, 1.165) is 16.9 Å². The van der Waals surface area contributed by atoms with Gasteiger partial charge in [-0.25, -0.2) is 0 Å². The molecule has 0 spiro atoms. The Morgan fingerprint density at radius 1 is 1.58 bits per heavy atom. The Hall–Kier alpha value is -1.99. The van der Waals surface area contributed by atoms with E-state index in [-0.39, 0.29) is 14.9 Å². The lowest BCUT2D eigenvalue weighted by atomic mass is 10.3. The maximum atomic E-state index is 11.8. The van der Waals surface area contributed by atoms with Crippen LogP contribution in [0.2, 0.25) is 4.34 Å². The number of nitro groups is 1. The van der Waals surface area contributed by atoms with Crippen LogP contribution in [0.15, 0.2) is 30.6 Å². The highest BCUT2D eigenvalue weighted by Gasteiger charge is 2.20. The lowest BCUT2D eigenvalue weighted by Gasteiger charge is -2.02. The van der Waals surface area contributed by atoms with Gasteiger partial charge in [0.05, 0.1) is 4.92 Å². The molecule has 2 aromatic rings. The number of carbonyl (C=O) groups excluding carboxylic acids is 1. The SMILES string of the molecule is O=C(NCc1cccnc1)c1cc([N+](=O)[O-])c(Cl)s1. The van der Waals surface area contributed by atoms with E-state index in [2.05, 4.69) is 10.3 Å².